The number of ketones is 2. The van der Waals surface area contributed by atoms with Crippen LogP contribution in [0.15, 0.2) is 129 Å². The van der Waals surface area contributed by atoms with Crippen LogP contribution >= 0.6 is 0 Å². The fraction of sp³-hybridized carbons (Fsp3) is 0.273. The standard InChI is InChI=1S/2C14H13N3O3.2C5H8O2.2C3H8O.2H2O.2Yb/c2*1-20-12-7-4-5-10(13(12)18)9-16-17-14(19)11-6-2-3-8-15-11;2*1-4(6)3-5(2)7;2*1-3(2)4;;;;/h2*2-9,18H,1H3,(H,17,19);2*3,6H,1-2H3;2*3-4H,1-2H3;2*1H2;;/q;;;;;;;;2*+3/p-4/b2*16-9+;2*4-3-;;;;;;. The number of carbonyl (C=O) groups is 2. The Morgan fingerprint density at radius 1 is 0.576 bits per heavy atom. The first-order valence-corrected chi connectivity index (χ1v) is 18.3. The summed E-state index contributed by atoms with van der Waals surface area (Å²) in [6.07, 6.45) is 7.19. The molecule has 8 N–H and O–H groups in total. The van der Waals surface area contributed by atoms with Crippen LogP contribution in [-0.2, 0) is 20.5 Å². The molecule has 2 aromatic heterocycles. The molecule has 66 heavy (non-hydrogen) atoms. The average Bonchev–Trinajstić information content (AvgIpc) is 3.19. The largest absolute Gasteiger partial charge is 3.00 e. The van der Waals surface area contributed by atoms with Gasteiger partial charge in [0.1, 0.15) is 11.5 Å². The van der Waals surface area contributed by atoms with Crippen molar-refractivity contribution in [1.82, 2.24) is 9.97 Å². The van der Waals surface area contributed by atoms with Crippen LogP contribution in [0.4, 0.5) is 0 Å². The number of aliphatic hydroxyl groups is 2. The second kappa shape index (κ2) is 44.4. The van der Waals surface area contributed by atoms with Gasteiger partial charge in [0.2, 0.25) is 0 Å². The zero-order valence-corrected chi connectivity index (χ0v) is 41.3. The molecule has 22 heteroatoms. The Morgan fingerprint density at radius 3 is 1.09 bits per heavy atom. The maximum absolute atomic E-state index is 11.8. The van der Waals surface area contributed by atoms with Gasteiger partial charge in [0.05, 0.1) is 38.0 Å². The molecule has 2 radical (unpaired) electrons. The molecule has 0 bridgehead atoms. The summed E-state index contributed by atoms with van der Waals surface area (Å²) in [5.41, 5.74) is 0.971. The van der Waals surface area contributed by atoms with Gasteiger partial charge >= 0.3 is 93.8 Å². The van der Waals surface area contributed by atoms with Crippen molar-refractivity contribution < 1.29 is 165 Å². The van der Waals surface area contributed by atoms with Crippen molar-refractivity contribution in [3.63, 3.8) is 0 Å². The van der Waals surface area contributed by atoms with Gasteiger partial charge in [-0.15, -0.1) is 11.5 Å². The minimum atomic E-state index is -0.572. The average molecular weight is 1240 g/mol. The van der Waals surface area contributed by atoms with Gasteiger partial charge in [-0.1, -0.05) is 61.7 Å². The molecule has 0 fully saturated rings. The first-order chi connectivity index (χ1) is 29.2. The number of nitrogens with zero attached hydrogens (tertiary/aromatic N) is 6. The molecule has 20 nitrogen and oxygen atoms in total. The van der Waals surface area contributed by atoms with Gasteiger partial charge in [0.25, 0.3) is 0 Å². The molecule has 4 rings (SSSR count). The molecule has 2 heterocycles. The summed E-state index contributed by atoms with van der Waals surface area (Å²) in [6.45, 7) is 12.3. The maximum atomic E-state index is 11.8. The van der Waals surface area contributed by atoms with Crippen LogP contribution in [0.25, 0.3) is 0 Å². The molecule has 0 aliphatic carbocycles. The van der Waals surface area contributed by atoms with Crippen LogP contribution in [0.1, 0.15) is 77.9 Å². The predicted molar refractivity (Wildman–Crippen MR) is 235 cm³/mol. The van der Waals surface area contributed by atoms with Crippen LogP contribution in [0.2, 0.25) is 0 Å². The minimum absolute atomic E-state index is 0. The second-order valence-corrected chi connectivity index (χ2v) is 12.4. The zero-order valence-electron chi connectivity index (χ0n) is 37.9. The van der Waals surface area contributed by atoms with Crippen molar-refractivity contribution >= 4 is 35.8 Å². The van der Waals surface area contributed by atoms with E-state index in [-0.39, 0.29) is 174 Å². The van der Waals surface area contributed by atoms with Crippen molar-refractivity contribution in [3.8, 4) is 23.0 Å². The Morgan fingerprint density at radius 2 is 0.879 bits per heavy atom. The van der Waals surface area contributed by atoms with Crippen LogP contribution in [-0.4, -0.2) is 82.4 Å². The SMILES string of the molecule is CC(=O)/C=C(/C)[O-].CC(=O)/C=C(/C)[O-].CC(C)O.CC(C)O.COc1cccc(/C=N/N=C(\[O-])c2ccccn2)c1[O-].COc1cccc(/C=N/N=C(\[O-])c2ccccn2)c1[O-].[OH3+].[OH3+].[Yb+3].[Yb+3]. The summed E-state index contributed by atoms with van der Waals surface area (Å²) in [5, 5.41) is 97.0. The Hall–Kier alpha value is -4.48. The molecule has 0 saturated carbocycles. The third-order valence-electron chi connectivity index (χ3n) is 5.73. The van der Waals surface area contributed by atoms with Crippen molar-refractivity contribution in [2.24, 2.45) is 20.4 Å². The summed E-state index contributed by atoms with van der Waals surface area (Å²) < 4.78 is 9.80. The number of hydrogen-bond acceptors (Lipinski definition) is 18. The predicted octanol–water partition coefficient (Wildman–Crippen LogP) is -0.781. The van der Waals surface area contributed by atoms with Crippen LogP contribution < -0.4 is 40.1 Å². The molecular weight excluding hydrogens is 1180 g/mol. The fourth-order valence-corrected chi connectivity index (χ4v) is 3.53. The van der Waals surface area contributed by atoms with E-state index in [0.29, 0.717) is 11.1 Å². The third-order valence-corrected chi connectivity index (χ3v) is 5.73. The van der Waals surface area contributed by atoms with Gasteiger partial charge in [-0.2, -0.15) is 20.4 Å². The molecule has 374 valence electrons. The van der Waals surface area contributed by atoms with Gasteiger partial charge in [-0.25, -0.2) is 0 Å². The molecular formula is C44H58N6O14Yb2+2. The number of para-hydroxylation sites is 2. The molecule has 2 aromatic carbocycles. The maximum Gasteiger partial charge on any atom is 3.00 e. The number of hydrogen-bond donors (Lipinski definition) is 2. The van der Waals surface area contributed by atoms with Gasteiger partial charge in [-0.3, -0.25) is 19.6 Å². The molecule has 0 aliphatic rings. The molecule has 4 aromatic rings. The fourth-order valence-electron chi connectivity index (χ4n) is 3.53. The van der Waals surface area contributed by atoms with E-state index in [1.54, 1.807) is 88.4 Å². The number of pyridine rings is 2. The van der Waals surface area contributed by atoms with E-state index in [0.717, 1.165) is 12.2 Å². The molecule has 0 spiro atoms. The third kappa shape index (κ3) is 39.8. The summed E-state index contributed by atoms with van der Waals surface area (Å²) in [7, 11) is 2.82. The Kier molecular flexibility index (Phi) is 49.1. The second-order valence-electron chi connectivity index (χ2n) is 12.4. The van der Waals surface area contributed by atoms with Crippen molar-refractivity contribution in [2.75, 3.05) is 14.2 Å². The summed E-state index contributed by atoms with van der Waals surface area (Å²) in [4.78, 5) is 27.7. The number of aliphatic hydroxyl groups excluding tert-OH is 2. The zero-order chi connectivity index (χ0) is 47.6. The molecule has 0 saturated heterocycles. The topological polar surface area (TPSA) is 373 Å². The smallest absolute Gasteiger partial charge is 0.876 e. The molecule has 0 atom stereocenters. The van der Waals surface area contributed by atoms with E-state index in [9.17, 15) is 40.2 Å². The van der Waals surface area contributed by atoms with Crippen molar-refractivity contribution in [2.45, 2.75) is 67.6 Å². The number of ether oxygens (including phenoxy) is 2. The van der Waals surface area contributed by atoms with Gasteiger partial charge in [0.15, 0.2) is 11.6 Å². The van der Waals surface area contributed by atoms with Crippen LogP contribution in [0.3, 0.4) is 0 Å². The number of carbonyl (C=O) groups excluding carboxylic acids is 2. The van der Waals surface area contributed by atoms with E-state index >= 15 is 0 Å². The molecule has 0 amide bonds. The monoisotopic (exact) mass is 1240 g/mol. The normalized spacial score (nSPS) is 10.6. The quantitative estimate of drug-likeness (QED) is 0.0492. The van der Waals surface area contributed by atoms with E-state index in [2.05, 4.69) is 30.4 Å². The Bertz CT molecular complexity index is 1940. The Labute approximate surface area is 462 Å². The van der Waals surface area contributed by atoms with Crippen molar-refractivity contribution in [1.29, 1.82) is 0 Å². The van der Waals surface area contributed by atoms with Gasteiger partial charge < -0.3 is 61.3 Å². The summed E-state index contributed by atoms with van der Waals surface area (Å²) in [6, 6.07) is 19.4. The Balaban J connectivity index is -0.000000182. The summed E-state index contributed by atoms with van der Waals surface area (Å²) in [5.74, 6) is -2.08. The van der Waals surface area contributed by atoms with Crippen LogP contribution in [0, 0.1) is 93.8 Å². The van der Waals surface area contributed by atoms with Crippen LogP contribution in [0.5, 0.6) is 23.0 Å². The number of aromatic nitrogens is 2. The molecule has 0 aliphatic heterocycles. The number of allylic oxidation sites excluding steroid dienone is 4. The molecule has 0 unspecified atom stereocenters. The first-order valence-electron chi connectivity index (χ1n) is 18.3. The van der Waals surface area contributed by atoms with Gasteiger partial charge in [-0.05, 0) is 101 Å². The summed E-state index contributed by atoms with van der Waals surface area (Å²) >= 11 is 0. The van der Waals surface area contributed by atoms with E-state index in [1.807, 2.05) is 0 Å². The van der Waals surface area contributed by atoms with E-state index in [1.165, 1.54) is 78.9 Å². The first kappa shape index (κ1) is 73.1. The number of rotatable bonds is 10. The minimum Gasteiger partial charge on any atom is -0.876 e. The van der Waals surface area contributed by atoms with Gasteiger partial charge in [0, 0.05) is 36.4 Å². The number of methoxy groups -OCH3 is 2. The van der Waals surface area contributed by atoms with Crippen molar-refractivity contribution in [3.05, 3.63) is 131 Å². The number of benzene rings is 2. The van der Waals surface area contributed by atoms with E-state index in [4.69, 9.17) is 19.7 Å². The van der Waals surface area contributed by atoms with E-state index < -0.39 is 11.8 Å².